The number of rotatable bonds is 6. The number of ether oxygens (including phenoxy) is 4. The van der Waals surface area contributed by atoms with E-state index in [-0.39, 0.29) is 30.3 Å². The highest BCUT2D eigenvalue weighted by molar-refractivity contribution is 5.80. The van der Waals surface area contributed by atoms with Crippen LogP contribution in [0.1, 0.15) is 99.3 Å². The Kier molecular flexibility index (Phi) is 10.7. The first-order chi connectivity index (χ1) is 26.0. The number of aliphatic hydroxyl groups is 8. The van der Waals surface area contributed by atoms with Gasteiger partial charge in [0.15, 0.2) is 6.29 Å². The fraction of sp³-hybridized carbons (Fsp3) is 0.902. The van der Waals surface area contributed by atoms with Crippen molar-refractivity contribution in [1.29, 1.82) is 0 Å². The molecule has 2 aliphatic heterocycles. The Bertz CT molecular complexity index is 1570. The first kappa shape index (κ1) is 42.4. The van der Waals surface area contributed by atoms with Gasteiger partial charge in [0.2, 0.25) is 6.29 Å². The number of carboxylic acid groups (broad SMARTS) is 1. The van der Waals surface area contributed by atoms with Gasteiger partial charge in [0.25, 0.3) is 0 Å². The van der Waals surface area contributed by atoms with Crippen molar-refractivity contribution in [2.45, 2.75) is 167 Å². The first-order valence-electron chi connectivity index (χ1n) is 20.5. The maximum absolute atomic E-state index is 14.6. The Morgan fingerprint density at radius 2 is 1.48 bits per heavy atom. The summed E-state index contributed by atoms with van der Waals surface area (Å²) in [7, 11) is 0. The van der Waals surface area contributed by atoms with Gasteiger partial charge in [-0.25, -0.2) is 0 Å². The maximum atomic E-state index is 14.6. The number of carboxylic acids is 1. The Labute approximate surface area is 328 Å². The summed E-state index contributed by atoms with van der Waals surface area (Å²) < 4.78 is 23.2. The molecule has 4 saturated carbocycles. The average molecular weight is 797 g/mol. The molecule has 0 unspecified atom stereocenters. The smallest absolute Gasteiger partial charge is 0.317 e. The molecule has 9 N–H and O–H groups in total. The number of carbonyl (C=O) groups excluding carboxylic acids is 1. The summed E-state index contributed by atoms with van der Waals surface area (Å²) in [5, 5.41) is 95.7. The van der Waals surface area contributed by atoms with E-state index in [9.17, 15) is 55.5 Å². The highest BCUT2D eigenvalue weighted by atomic mass is 16.7. The second-order valence-electron chi connectivity index (χ2n) is 20.1. The molecule has 0 aromatic heterocycles. The molecule has 15 heteroatoms. The van der Waals surface area contributed by atoms with Crippen molar-refractivity contribution in [2.75, 3.05) is 13.2 Å². The number of aliphatic carboxylic acids is 1. The molecule has 56 heavy (non-hydrogen) atoms. The minimum atomic E-state index is -1.78. The van der Waals surface area contributed by atoms with E-state index in [0.717, 1.165) is 5.57 Å². The van der Waals surface area contributed by atoms with Crippen molar-refractivity contribution in [2.24, 2.45) is 50.2 Å². The Morgan fingerprint density at radius 1 is 0.804 bits per heavy atom. The van der Waals surface area contributed by atoms with Crippen LogP contribution in [0.3, 0.4) is 0 Å². The Hall–Kier alpha value is -1.76. The molecule has 0 amide bonds. The molecular weight excluding hydrogens is 732 g/mol. The van der Waals surface area contributed by atoms with Crippen molar-refractivity contribution in [3.8, 4) is 0 Å². The minimum absolute atomic E-state index is 0.00650. The quantitative estimate of drug-likeness (QED) is 0.103. The van der Waals surface area contributed by atoms with Gasteiger partial charge < -0.3 is 64.9 Å². The van der Waals surface area contributed by atoms with Gasteiger partial charge in [-0.1, -0.05) is 46.3 Å². The lowest BCUT2D eigenvalue weighted by atomic mass is 9.33. The minimum Gasteiger partial charge on any atom is -0.481 e. The van der Waals surface area contributed by atoms with E-state index in [4.69, 9.17) is 18.9 Å². The SMILES string of the molecule is CC1(C)CC[C@]2(C(=O)O[C@@H]3O[C@H](CO)[C@@H](O)[C@H](O)[C@H]3O)[C@H](O)C[C@]3(C)C(=CC[C@@H]4[C@@]5(C)CC[C@H](O[C@@H]6OC[C@H](O)[C@H](O)[C@H]6O)[C@@](C)(C(=O)O)[C@@H]5CC[C@]43C)[C@@H]2C1. The van der Waals surface area contributed by atoms with Gasteiger partial charge in [-0.05, 0) is 104 Å². The highest BCUT2D eigenvalue weighted by Crippen LogP contribution is 2.76. The molecule has 6 fully saturated rings. The van der Waals surface area contributed by atoms with E-state index in [1.54, 1.807) is 6.92 Å². The summed E-state index contributed by atoms with van der Waals surface area (Å²) in [5.41, 5.74) is -3.40. The van der Waals surface area contributed by atoms with Gasteiger partial charge in [0.05, 0.1) is 30.8 Å². The summed E-state index contributed by atoms with van der Waals surface area (Å²) in [4.78, 5) is 28.0. The molecule has 0 bridgehead atoms. The zero-order valence-electron chi connectivity index (χ0n) is 33.4. The third kappa shape index (κ3) is 5.92. The summed E-state index contributed by atoms with van der Waals surface area (Å²) >= 11 is 0. The summed E-state index contributed by atoms with van der Waals surface area (Å²) in [6.45, 7) is 11.7. The lowest BCUT2D eigenvalue weighted by molar-refractivity contribution is -0.308. The van der Waals surface area contributed by atoms with E-state index in [2.05, 4.69) is 40.7 Å². The molecule has 2 heterocycles. The first-order valence-corrected chi connectivity index (χ1v) is 20.5. The molecule has 0 aromatic carbocycles. The zero-order chi connectivity index (χ0) is 41.1. The van der Waals surface area contributed by atoms with Gasteiger partial charge in [-0.3, -0.25) is 9.59 Å². The van der Waals surface area contributed by atoms with Crippen LogP contribution in [-0.4, -0.2) is 139 Å². The van der Waals surface area contributed by atoms with Crippen LogP contribution in [0.2, 0.25) is 0 Å². The summed E-state index contributed by atoms with van der Waals surface area (Å²) in [5.74, 6) is -2.57. The predicted octanol–water partition coefficient (Wildman–Crippen LogP) is 0.991. The Balaban J connectivity index is 1.21. The van der Waals surface area contributed by atoms with Gasteiger partial charge in [0, 0.05) is 0 Å². The van der Waals surface area contributed by atoms with Crippen LogP contribution in [0.5, 0.6) is 0 Å². The average Bonchev–Trinajstić information content (AvgIpc) is 3.13. The van der Waals surface area contributed by atoms with E-state index in [1.807, 2.05) is 0 Å². The van der Waals surface area contributed by atoms with Crippen molar-refractivity contribution in [3.05, 3.63) is 11.6 Å². The normalized spacial score (nSPS) is 54.0. The number of fused-ring (bicyclic) bond motifs is 7. The number of hydrogen-bond donors (Lipinski definition) is 9. The number of allylic oxidation sites excluding steroid dienone is 2. The molecule has 0 spiro atoms. The maximum Gasteiger partial charge on any atom is 0.317 e. The summed E-state index contributed by atoms with van der Waals surface area (Å²) in [6.07, 6.45) is -8.96. The second kappa shape index (κ2) is 14.2. The van der Waals surface area contributed by atoms with E-state index >= 15 is 0 Å². The van der Waals surface area contributed by atoms with Crippen LogP contribution >= 0.6 is 0 Å². The second-order valence-corrected chi connectivity index (χ2v) is 20.1. The fourth-order valence-electron chi connectivity index (χ4n) is 13.3. The molecule has 7 aliphatic rings. The Morgan fingerprint density at radius 3 is 2.14 bits per heavy atom. The van der Waals surface area contributed by atoms with Crippen LogP contribution in [0.4, 0.5) is 0 Å². The van der Waals surface area contributed by atoms with E-state index in [0.29, 0.717) is 51.4 Å². The van der Waals surface area contributed by atoms with E-state index < -0.39 is 119 Å². The van der Waals surface area contributed by atoms with Gasteiger partial charge in [-0.15, -0.1) is 0 Å². The van der Waals surface area contributed by atoms with Crippen molar-refractivity contribution >= 4 is 11.9 Å². The molecule has 15 nitrogen and oxygen atoms in total. The number of hydrogen-bond acceptors (Lipinski definition) is 14. The van der Waals surface area contributed by atoms with E-state index in [1.165, 1.54) is 0 Å². The third-order valence-electron chi connectivity index (χ3n) is 17.0. The lowest BCUT2D eigenvalue weighted by Crippen LogP contribution is -2.69. The number of carbonyl (C=O) groups is 2. The molecule has 318 valence electrons. The van der Waals surface area contributed by atoms with Crippen LogP contribution in [0, 0.1) is 50.2 Å². The van der Waals surface area contributed by atoms with Gasteiger partial charge >= 0.3 is 11.9 Å². The van der Waals surface area contributed by atoms with Crippen LogP contribution in [-0.2, 0) is 28.5 Å². The largest absolute Gasteiger partial charge is 0.481 e. The van der Waals surface area contributed by atoms with Crippen LogP contribution in [0.15, 0.2) is 11.6 Å². The van der Waals surface area contributed by atoms with Crippen molar-refractivity contribution < 1.29 is 74.5 Å². The lowest BCUT2D eigenvalue weighted by Gasteiger charge is -2.71. The standard InChI is InChI=1S/C41H64O15/c1-36(2)13-14-41(35(52)56-33-31(49)29(47)28(46)22(17-42)54-33)20(15-36)19-7-8-23-37(3)11-10-26(55-32-30(48)27(45)21(43)18-53-32)40(6,34(50)51)24(37)9-12-38(23,4)39(19,5)16-25(41)44/h7,20-33,42-49H,8-18H2,1-6H3,(H,50,51)/t20-,21-,22+,23+,24+,25+,26-,27-,28+,29-,30+,31+,32-,33-,37+,38+,39+,40-,41+/m0/s1. The molecule has 0 radical (unpaired) electrons. The van der Waals surface area contributed by atoms with Crippen molar-refractivity contribution in [1.82, 2.24) is 0 Å². The molecular formula is C41H64O15. The fourth-order valence-corrected chi connectivity index (χ4v) is 13.3. The molecule has 2 saturated heterocycles. The third-order valence-corrected chi connectivity index (χ3v) is 17.0. The number of esters is 1. The van der Waals surface area contributed by atoms with Crippen molar-refractivity contribution in [3.63, 3.8) is 0 Å². The summed E-state index contributed by atoms with van der Waals surface area (Å²) in [6, 6.07) is 0. The molecule has 7 rings (SSSR count). The molecule has 0 aromatic rings. The highest BCUT2D eigenvalue weighted by Gasteiger charge is 2.73. The van der Waals surface area contributed by atoms with Gasteiger partial charge in [0.1, 0.15) is 48.1 Å². The van der Waals surface area contributed by atoms with Gasteiger partial charge in [-0.2, -0.15) is 0 Å². The zero-order valence-corrected chi connectivity index (χ0v) is 33.4. The predicted molar refractivity (Wildman–Crippen MR) is 195 cm³/mol. The van der Waals surface area contributed by atoms with Crippen LogP contribution < -0.4 is 0 Å². The monoisotopic (exact) mass is 796 g/mol. The molecule has 5 aliphatic carbocycles. The molecule has 19 atom stereocenters. The topological polar surface area (TPSA) is 253 Å². The number of aliphatic hydroxyl groups excluding tert-OH is 8. The van der Waals surface area contributed by atoms with Crippen LogP contribution in [0.25, 0.3) is 0 Å².